The predicted octanol–water partition coefficient (Wildman–Crippen LogP) is 3.64. The number of carbonyl (C=O) groups excluding carboxylic acids is 2. The lowest BCUT2D eigenvalue weighted by atomic mass is 9.85. The number of hydrogen-bond donors (Lipinski definition) is 1. The maximum atomic E-state index is 12.8. The summed E-state index contributed by atoms with van der Waals surface area (Å²) in [6.45, 7) is 4.74. The van der Waals surface area contributed by atoms with Gasteiger partial charge < -0.3 is 14.8 Å². The first-order valence-electron chi connectivity index (χ1n) is 9.97. The highest BCUT2D eigenvalue weighted by Gasteiger charge is 2.25. The maximum absolute atomic E-state index is 12.8. The van der Waals surface area contributed by atoms with Crippen molar-refractivity contribution < 1.29 is 9.59 Å². The number of Topliss-reactive ketones (excluding diaryl/α,β-unsaturated/α-hetero) is 1. The Morgan fingerprint density at radius 1 is 1.15 bits per heavy atom. The number of aromatic nitrogens is 1. The number of benzene rings is 1. The van der Waals surface area contributed by atoms with Crippen molar-refractivity contribution in [3.05, 3.63) is 36.0 Å². The number of rotatable bonds is 6. The summed E-state index contributed by atoms with van der Waals surface area (Å²) in [6.07, 6.45) is 6.33. The molecule has 1 fully saturated rings. The zero-order chi connectivity index (χ0) is 19.6. The number of ketones is 1. The van der Waals surface area contributed by atoms with Crippen LogP contribution in [0.1, 0.15) is 55.9 Å². The van der Waals surface area contributed by atoms with Crippen LogP contribution < -0.4 is 5.32 Å². The van der Waals surface area contributed by atoms with Gasteiger partial charge in [-0.3, -0.25) is 9.59 Å². The van der Waals surface area contributed by atoms with Gasteiger partial charge in [-0.05, 0) is 65.6 Å². The van der Waals surface area contributed by atoms with E-state index in [9.17, 15) is 9.59 Å². The zero-order valence-corrected chi connectivity index (χ0v) is 16.9. The van der Waals surface area contributed by atoms with E-state index in [1.165, 1.54) is 0 Å². The molecule has 1 saturated carbocycles. The van der Waals surface area contributed by atoms with Crippen molar-refractivity contribution in [2.24, 2.45) is 5.92 Å². The molecule has 1 aromatic carbocycles. The second-order valence-corrected chi connectivity index (χ2v) is 8.24. The lowest BCUT2D eigenvalue weighted by Crippen LogP contribution is -2.38. The third-order valence-corrected chi connectivity index (χ3v) is 5.85. The quantitative estimate of drug-likeness (QED) is 0.625. The Labute approximate surface area is 161 Å². The summed E-state index contributed by atoms with van der Waals surface area (Å²) >= 11 is 0. The highest BCUT2D eigenvalue weighted by atomic mass is 16.2. The number of fused-ring (bicyclic) bond motifs is 1. The van der Waals surface area contributed by atoms with Gasteiger partial charge in [0.25, 0.3) is 11.7 Å². The SMILES string of the molecule is CC(C)n1cc(C(=O)C(=O)NCC2CCC(N(C)C)CC2)c2ccccc21. The largest absolute Gasteiger partial charge is 0.349 e. The molecular formula is C22H31N3O2. The van der Waals surface area contributed by atoms with Crippen molar-refractivity contribution >= 4 is 22.6 Å². The lowest BCUT2D eigenvalue weighted by Gasteiger charge is -2.32. The first kappa shape index (κ1) is 19.6. The van der Waals surface area contributed by atoms with E-state index in [-0.39, 0.29) is 6.04 Å². The summed E-state index contributed by atoms with van der Waals surface area (Å²) < 4.78 is 2.05. The Morgan fingerprint density at radius 3 is 2.44 bits per heavy atom. The molecular weight excluding hydrogens is 338 g/mol. The molecule has 27 heavy (non-hydrogen) atoms. The Hall–Kier alpha value is -2.14. The number of hydrogen-bond acceptors (Lipinski definition) is 3. The fraction of sp³-hybridized carbons (Fsp3) is 0.545. The number of amides is 1. The van der Waals surface area contributed by atoms with Crippen molar-refractivity contribution in [3.63, 3.8) is 0 Å². The minimum atomic E-state index is -0.489. The molecule has 1 heterocycles. The molecule has 2 aromatic rings. The van der Waals surface area contributed by atoms with Crippen LogP contribution in [0.15, 0.2) is 30.5 Å². The molecule has 1 aliphatic rings. The van der Waals surface area contributed by atoms with Gasteiger partial charge in [0.2, 0.25) is 0 Å². The average Bonchev–Trinajstić information content (AvgIpc) is 3.05. The van der Waals surface area contributed by atoms with Crippen LogP contribution >= 0.6 is 0 Å². The molecule has 0 atom stereocenters. The molecule has 1 N–H and O–H groups in total. The Bertz CT molecular complexity index is 814. The first-order valence-corrected chi connectivity index (χ1v) is 9.97. The maximum Gasteiger partial charge on any atom is 0.292 e. The Morgan fingerprint density at radius 2 is 1.81 bits per heavy atom. The van der Waals surface area contributed by atoms with Gasteiger partial charge in [0.05, 0.1) is 5.56 Å². The molecule has 1 amide bonds. The second-order valence-electron chi connectivity index (χ2n) is 8.24. The summed E-state index contributed by atoms with van der Waals surface area (Å²) in [5, 5.41) is 3.73. The van der Waals surface area contributed by atoms with Crippen molar-refractivity contribution in [3.8, 4) is 0 Å². The van der Waals surface area contributed by atoms with Gasteiger partial charge in [-0.1, -0.05) is 18.2 Å². The molecule has 3 rings (SSSR count). The van der Waals surface area contributed by atoms with E-state index >= 15 is 0 Å². The van der Waals surface area contributed by atoms with Gasteiger partial charge in [-0.2, -0.15) is 0 Å². The average molecular weight is 370 g/mol. The van der Waals surface area contributed by atoms with Crippen molar-refractivity contribution in [2.45, 2.75) is 51.6 Å². The third kappa shape index (κ3) is 4.24. The van der Waals surface area contributed by atoms with E-state index in [0.717, 1.165) is 36.6 Å². The minimum absolute atomic E-state index is 0.228. The van der Waals surface area contributed by atoms with Crippen LogP contribution in [-0.4, -0.2) is 47.8 Å². The van der Waals surface area contributed by atoms with E-state index < -0.39 is 11.7 Å². The smallest absolute Gasteiger partial charge is 0.292 e. The van der Waals surface area contributed by atoms with Gasteiger partial charge >= 0.3 is 0 Å². The van der Waals surface area contributed by atoms with Crippen LogP contribution in [0.2, 0.25) is 0 Å². The lowest BCUT2D eigenvalue weighted by molar-refractivity contribution is -0.117. The normalized spacial score (nSPS) is 20.4. The number of para-hydroxylation sites is 1. The summed E-state index contributed by atoms with van der Waals surface area (Å²) in [6, 6.07) is 8.64. The van der Waals surface area contributed by atoms with Crippen molar-refractivity contribution in [2.75, 3.05) is 20.6 Å². The van der Waals surface area contributed by atoms with E-state index in [1.807, 2.05) is 30.5 Å². The molecule has 1 aliphatic carbocycles. The van der Waals surface area contributed by atoms with E-state index in [0.29, 0.717) is 24.1 Å². The van der Waals surface area contributed by atoms with Crippen LogP contribution in [0.3, 0.4) is 0 Å². The Balaban J connectivity index is 1.65. The fourth-order valence-electron chi connectivity index (χ4n) is 4.12. The number of carbonyl (C=O) groups is 2. The van der Waals surface area contributed by atoms with Gasteiger partial charge in [0.1, 0.15) is 0 Å². The first-order chi connectivity index (χ1) is 12.9. The van der Waals surface area contributed by atoms with Gasteiger partial charge in [0.15, 0.2) is 0 Å². The molecule has 1 aromatic heterocycles. The van der Waals surface area contributed by atoms with Crippen molar-refractivity contribution in [1.82, 2.24) is 14.8 Å². The summed E-state index contributed by atoms with van der Waals surface area (Å²) in [7, 11) is 4.25. The molecule has 0 saturated heterocycles. The van der Waals surface area contributed by atoms with Crippen LogP contribution in [-0.2, 0) is 4.79 Å². The van der Waals surface area contributed by atoms with Gasteiger partial charge in [-0.15, -0.1) is 0 Å². The van der Waals surface area contributed by atoms with Crippen LogP contribution in [0, 0.1) is 5.92 Å². The van der Waals surface area contributed by atoms with Crippen LogP contribution in [0.4, 0.5) is 0 Å². The standard InChI is InChI=1S/C22H31N3O2/c1-15(2)25-14-19(18-7-5-6-8-20(18)25)21(26)22(27)23-13-16-9-11-17(12-10-16)24(3)4/h5-8,14-17H,9-13H2,1-4H3,(H,23,27). The van der Waals surface area contributed by atoms with Crippen LogP contribution in [0.5, 0.6) is 0 Å². The summed E-state index contributed by atoms with van der Waals surface area (Å²) in [5.41, 5.74) is 1.48. The van der Waals surface area contributed by atoms with E-state index in [1.54, 1.807) is 0 Å². The summed E-state index contributed by atoms with van der Waals surface area (Å²) in [4.78, 5) is 27.6. The monoisotopic (exact) mass is 369 g/mol. The van der Waals surface area contributed by atoms with Crippen LogP contribution in [0.25, 0.3) is 10.9 Å². The minimum Gasteiger partial charge on any atom is -0.349 e. The predicted molar refractivity (Wildman–Crippen MR) is 109 cm³/mol. The topological polar surface area (TPSA) is 54.3 Å². The van der Waals surface area contributed by atoms with E-state index in [4.69, 9.17) is 0 Å². The molecule has 0 radical (unpaired) electrons. The highest BCUT2D eigenvalue weighted by molar-refractivity contribution is 6.45. The number of nitrogens with zero attached hydrogens (tertiary/aromatic N) is 2. The molecule has 5 heteroatoms. The highest BCUT2D eigenvalue weighted by Crippen LogP contribution is 2.27. The van der Waals surface area contributed by atoms with Crippen molar-refractivity contribution in [1.29, 1.82) is 0 Å². The van der Waals surface area contributed by atoms with Gasteiger partial charge in [-0.25, -0.2) is 0 Å². The van der Waals surface area contributed by atoms with Gasteiger partial charge in [0, 0.05) is 35.7 Å². The molecule has 0 unspecified atom stereocenters. The molecule has 0 spiro atoms. The second kappa shape index (κ2) is 8.26. The number of nitrogens with one attached hydrogen (secondary N) is 1. The molecule has 0 aliphatic heterocycles. The zero-order valence-electron chi connectivity index (χ0n) is 16.9. The summed E-state index contributed by atoms with van der Waals surface area (Å²) in [5.74, 6) is -0.459. The molecule has 146 valence electrons. The van der Waals surface area contributed by atoms with E-state index in [2.05, 4.69) is 42.7 Å². The third-order valence-electron chi connectivity index (χ3n) is 5.85. The molecule has 5 nitrogen and oxygen atoms in total. The Kier molecular flexibility index (Phi) is 6.00. The fourth-order valence-corrected chi connectivity index (χ4v) is 4.12. The molecule has 0 bridgehead atoms.